The lowest BCUT2D eigenvalue weighted by atomic mass is 10.1. The Balaban J connectivity index is 1.47. The Hall–Kier alpha value is -3.29. The van der Waals surface area contributed by atoms with E-state index < -0.39 is 0 Å². The number of hydrogen-bond acceptors (Lipinski definition) is 7. The summed E-state index contributed by atoms with van der Waals surface area (Å²) in [5, 5.41) is 0.527. The zero-order valence-corrected chi connectivity index (χ0v) is 17.2. The van der Waals surface area contributed by atoms with E-state index in [1.54, 1.807) is 6.20 Å². The maximum absolute atomic E-state index is 6.04. The molecular formula is C23H21N5OS. The summed E-state index contributed by atoms with van der Waals surface area (Å²) in [5.41, 5.74) is 11.9. The van der Waals surface area contributed by atoms with E-state index in [-0.39, 0.29) is 0 Å². The van der Waals surface area contributed by atoms with Crippen LogP contribution >= 0.6 is 11.3 Å². The number of morpholine rings is 1. The number of anilines is 2. The van der Waals surface area contributed by atoms with E-state index in [0.717, 1.165) is 59.4 Å². The molecule has 1 aromatic carbocycles. The van der Waals surface area contributed by atoms with Crippen molar-refractivity contribution < 1.29 is 4.74 Å². The van der Waals surface area contributed by atoms with Crippen molar-refractivity contribution in [3.63, 3.8) is 0 Å². The van der Waals surface area contributed by atoms with E-state index in [2.05, 4.69) is 50.2 Å². The molecule has 30 heavy (non-hydrogen) atoms. The molecule has 0 aliphatic carbocycles. The molecule has 0 bridgehead atoms. The Morgan fingerprint density at radius 2 is 1.67 bits per heavy atom. The summed E-state index contributed by atoms with van der Waals surface area (Å²) in [6.45, 7) is 3.41. The second-order valence-electron chi connectivity index (χ2n) is 7.02. The lowest BCUT2D eigenvalue weighted by molar-refractivity contribution is 0.122. The van der Waals surface area contributed by atoms with Crippen molar-refractivity contribution in [2.45, 2.75) is 0 Å². The number of aromatic nitrogens is 3. The first kappa shape index (κ1) is 18.7. The highest BCUT2D eigenvalue weighted by Crippen LogP contribution is 2.38. The third kappa shape index (κ3) is 3.77. The van der Waals surface area contributed by atoms with E-state index in [1.165, 1.54) is 17.0 Å². The van der Waals surface area contributed by atoms with E-state index in [4.69, 9.17) is 10.5 Å². The van der Waals surface area contributed by atoms with Gasteiger partial charge >= 0.3 is 0 Å². The second-order valence-corrected chi connectivity index (χ2v) is 8.05. The Morgan fingerprint density at radius 3 is 2.43 bits per heavy atom. The second kappa shape index (κ2) is 8.22. The van der Waals surface area contributed by atoms with Crippen LogP contribution in [-0.4, -0.2) is 41.3 Å². The Labute approximate surface area is 179 Å². The lowest BCUT2D eigenvalue weighted by Gasteiger charge is -2.28. The molecule has 0 radical (unpaired) electrons. The molecule has 3 aromatic heterocycles. The summed E-state index contributed by atoms with van der Waals surface area (Å²) < 4.78 is 5.44. The van der Waals surface area contributed by atoms with Crippen LogP contribution in [0.4, 0.5) is 10.8 Å². The van der Waals surface area contributed by atoms with Crippen LogP contribution in [0.15, 0.2) is 67.0 Å². The molecule has 0 spiro atoms. The lowest BCUT2D eigenvalue weighted by Crippen LogP contribution is -2.36. The number of nitrogens with zero attached hydrogens (tertiary/aromatic N) is 4. The van der Waals surface area contributed by atoms with Gasteiger partial charge in [-0.25, -0.2) is 4.98 Å². The minimum absolute atomic E-state index is 0.527. The number of thiazole rings is 1. The quantitative estimate of drug-likeness (QED) is 0.534. The van der Waals surface area contributed by atoms with Crippen LogP contribution < -0.4 is 10.6 Å². The van der Waals surface area contributed by atoms with Crippen LogP contribution in [0.3, 0.4) is 0 Å². The molecule has 7 heteroatoms. The first-order chi connectivity index (χ1) is 14.8. The third-order valence-electron chi connectivity index (χ3n) is 5.11. The number of rotatable bonds is 4. The van der Waals surface area contributed by atoms with Crippen molar-refractivity contribution in [1.82, 2.24) is 15.0 Å². The molecule has 0 unspecified atom stereocenters. The predicted molar refractivity (Wildman–Crippen MR) is 121 cm³/mol. The predicted octanol–water partition coefficient (Wildman–Crippen LogP) is 4.35. The van der Waals surface area contributed by atoms with Gasteiger partial charge in [-0.1, -0.05) is 29.5 Å². The van der Waals surface area contributed by atoms with Crippen LogP contribution in [0.5, 0.6) is 0 Å². The van der Waals surface area contributed by atoms with Gasteiger partial charge in [-0.05, 0) is 42.0 Å². The van der Waals surface area contributed by atoms with Crippen molar-refractivity contribution in [2.24, 2.45) is 0 Å². The topological polar surface area (TPSA) is 77.2 Å². The summed E-state index contributed by atoms with van der Waals surface area (Å²) in [7, 11) is 0. The maximum atomic E-state index is 6.04. The van der Waals surface area contributed by atoms with Gasteiger partial charge in [0.15, 0.2) is 5.13 Å². The number of nitrogen functional groups attached to an aromatic ring is 1. The standard InChI is InChI=1S/C23H21N5OS/c24-23-27-21(19-3-1-2-9-25-19)22(30-23)17-8-10-26-20(15-17)16-4-6-18(7-5-16)28-11-13-29-14-12-28/h1-10,15H,11-14H2,(H2,24,27). The van der Waals surface area contributed by atoms with Gasteiger partial charge in [0.05, 0.1) is 29.5 Å². The highest BCUT2D eigenvalue weighted by molar-refractivity contribution is 7.19. The van der Waals surface area contributed by atoms with E-state index >= 15 is 0 Å². The summed E-state index contributed by atoms with van der Waals surface area (Å²) in [4.78, 5) is 16.9. The molecule has 1 aliphatic rings. The Bertz CT molecular complexity index is 1140. The molecule has 4 aromatic rings. The Kier molecular flexibility index (Phi) is 5.13. The van der Waals surface area contributed by atoms with Gasteiger partial charge in [0.1, 0.15) is 5.69 Å². The van der Waals surface area contributed by atoms with Crippen molar-refractivity contribution in [3.05, 3.63) is 67.0 Å². The van der Waals surface area contributed by atoms with Crippen molar-refractivity contribution >= 4 is 22.2 Å². The van der Waals surface area contributed by atoms with Crippen molar-refractivity contribution in [3.8, 4) is 33.1 Å². The zero-order chi connectivity index (χ0) is 20.3. The summed E-state index contributed by atoms with van der Waals surface area (Å²) in [5.74, 6) is 0. The minimum atomic E-state index is 0.527. The van der Waals surface area contributed by atoms with Gasteiger partial charge in [-0.2, -0.15) is 0 Å². The van der Waals surface area contributed by atoms with Gasteiger partial charge in [-0.15, -0.1) is 0 Å². The molecule has 150 valence electrons. The zero-order valence-electron chi connectivity index (χ0n) is 16.4. The molecule has 1 fully saturated rings. The number of pyridine rings is 2. The van der Waals surface area contributed by atoms with Crippen molar-refractivity contribution in [1.29, 1.82) is 0 Å². The normalized spacial score (nSPS) is 14.1. The van der Waals surface area contributed by atoms with E-state index in [0.29, 0.717) is 5.13 Å². The maximum Gasteiger partial charge on any atom is 0.181 e. The van der Waals surface area contributed by atoms with Crippen molar-refractivity contribution in [2.75, 3.05) is 36.9 Å². The fraction of sp³-hybridized carbons (Fsp3) is 0.174. The summed E-state index contributed by atoms with van der Waals surface area (Å²) in [6.07, 6.45) is 3.60. The largest absolute Gasteiger partial charge is 0.378 e. The molecule has 4 heterocycles. The number of nitrogens with two attached hydrogens (primary N) is 1. The molecule has 2 N–H and O–H groups in total. The van der Waals surface area contributed by atoms with Gasteiger partial charge in [0.2, 0.25) is 0 Å². The molecular weight excluding hydrogens is 394 g/mol. The fourth-order valence-corrected chi connectivity index (χ4v) is 4.44. The Morgan fingerprint density at radius 1 is 0.867 bits per heavy atom. The van der Waals surface area contributed by atoms with Gasteiger partial charge in [-0.3, -0.25) is 9.97 Å². The number of hydrogen-bond donors (Lipinski definition) is 1. The molecule has 5 rings (SSSR count). The minimum Gasteiger partial charge on any atom is -0.378 e. The van der Waals surface area contributed by atoms with E-state index in [1.807, 2.05) is 30.5 Å². The average molecular weight is 416 g/mol. The molecule has 0 saturated carbocycles. The highest BCUT2D eigenvalue weighted by Gasteiger charge is 2.16. The molecule has 1 saturated heterocycles. The average Bonchev–Trinajstić information content (AvgIpc) is 3.22. The van der Waals surface area contributed by atoms with Crippen LogP contribution in [0, 0.1) is 0 Å². The number of ether oxygens (including phenoxy) is 1. The fourth-order valence-electron chi connectivity index (χ4n) is 3.60. The molecule has 0 amide bonds. The van der Waals surface area contributed by atoms with Gasteiger partial charge in [0.25, 0.3) is 0 Å². The van der Waals surface area contributed by atoms with Gasteiger partial charge < -0.3 is 15.4 Å². The van der Waals surface area contributed by atoms with E-state index in [9.17, 15) is 0 Å². The van der Waals surface area contributed by atoms with Crippen LogP contribution in [-0.2, 0) is 4.74 Å². The van der Waals surface area contributed by atoms with Crippen LogP contribution in [0.1, 0.15) is 0 Å². The van der Waals surface area contributed by atoms with Crippen LogP contribution in [0.25, 0.3) is 33.1 Å². The first-order valence-electron chi connectivity index (χ1n) is 9.85. The summed E-state index contributed by atoms with van der Waals surface area (Å²) >= 11 is 1.47. The molecule has 0 atom stereocenters. The van der Waals surface area contributed by atoms with Gasteiger partial charge in [0, 0.05) is 36.7 Å². The molecule has 1 aliphatic heterocycles. The smallest absolute Gasteiger partial charge is 0.181 e. The summed E-state index contributed by atoms with van der Waals surface area (Å²) in [6, 6.07) is 18.4. The monoisotopic (exact) mass is 415 g/mol. The number of benzene rings is 1. The SMILES string of the molecule is Nc1nc(-c2ccccn2)c(-c2ccnc(-c3ccc(N4CCOCC4)cc3)c2)s1. The van der Waals surface area contributed by atoms with Crippen LogP contribution in [0.2, 0.25) is 0 Å². The third-order valence-corrected chi connectivity index (χ3v) is 6.05. The first-order valence-corrected chi connectivity index (χ1v) is 10.7. The highest BCUT2D eigenvalue weighted by atomic mass is 32.1. The molecule has 6 nitrogen and oxygen atoms in total.